The molecule has 6 amide bonds. The fourth-order valence-electron chi connectivity index (χ4n) is 6.48. The Kier molecular flexibility index (Phi) is 28.3. The van der Waals surface area contributed by atoms with Gasteiger partial charge in [0.2, 0.25) is 13.1 Å². The van der Waals surface area contributed by atoms with Crippen LogP contribution in [-0.2, 0) is 28.4 Å². The lowest BCUT2D eigenvalue weighted by molar-refractivity contribution is 0.0150. The van der Waals surface area contributed by atoms with Gasteiger partial charge in [0.15, 0.2) is 0 Å². The fraction of sp³-hybridized carbons (Fsp3) is 0.846. The lowest BCUT2D eigenvalue weighted by Gasteiger charge is -2.31. The van der Waals surface area contributed by atoms with Crippen LogP contribution in [0.2, 0.25) is 0 Å². The number of hydrogen-bond acceptors (Lipinski definition) is 12. The first-order valence-corrected chi connectivity index (χ1v) is 25.4. The minimum atomic E-state index is -0.776. The van der Waals surface area contributed by atoms with Crippen LogP contribution in [0.25, 0.3) is 9.69 Å². The Morgan fingerprint density at radius 2 is 0.417 bits per heavy atom. The smallest absolute Gasteiger partial charge is 0.410 e. The van der Waals surface area contributed by atoms with E-state index >= 15 is 0 Å². The molecule has 0 aliphatic rings. The van der Waals surface area contributed by atoms with Gasteiger partial charge in [-0.25, -0.2) is 41.9 Å². The van der Waals surface area contributed by atoms with Gasteiger partial charge < -0.3 is 67.5 Å². The third-order valence-corrected chi connectivity index (χ3v) is 9.40. The van der Waals surface area contributed by atoms with Crippen molar-refractivity contribution in [2.45, 2.75) is 197 Å². The maximum Gasteiger partial charge on any atom is 0.410 e. The molecule has 72 heavy (non-hydrogen) atoms. The molecule has 0 bridgehead atoms. The van der Waals surface area contributed by atoms with Gasteiger partial charge in [-0.05, 0) is 163 Å². The van der Waals surface area contributed by atoms with Crippen LogP contribution in [-0.4, -0.2) is 191 Å². The molecule has 414 valence electrons. The van der Waals surface area contributed by atoms with E-state index in [0.717, 1.165) is 0 Å². The number of amides is 6. The largest absolute Gasteiger partial charge is 0.444 e. The van der Waals surface area contributed by atoms with E-state index in [1.165, 1.54) is 9.80 Å². The first-order chi connectivity index (χ1) is 32.8. The highest BCUT2D eigenvalue weighted by Crippen LogP contribution is 2.18. The maximum absolute atomic E-state index is 13.6. The van der Waals surface area contributed by atoms with Crippen molar-refractivity contribution in [1.82, 2.24) is 29.4 Å². The molecule has 0 N–H and O–H groups in total. The number of carbonyl (C=O) groups excluding carboxylic acids is 6. The summed E-state index contributed by atoms with van der Waals surface area (Å²) in [7, 11) is 0. The van der Waals surface area contributed by atoms with Gasteiger partial charge in [-0.3, -0.25) is 0 Å². The number of nitrogens with zero attached hydrogens (tertiary/aromatic N) is 8. The Morgan fingerprint density at radius 1 is 0.278 bits per heavy atom. The molecule has 0 saturated carbocycles. The number of unbranched alkanes of at least 4 members (excludes halogenated alkanes) is 1. The van der Waals surface area contributed by atoms with Crippen LogP contribution in [0.1, 0.15) is 163 Å². The lowest BCUT2D eigenvalue weighted by Crippen LogP contribution is -2.43. The highest BCUT2D eigenvalue weighted by atomic mass is 16.6. The monoisotopic (exact) mass is 1020 g/mol. The first kappa shape index (κ1) is 66.6. The molecular weight excluding hydrogens is 929 g/mol. The van der Waals surface area contributed by atoms with E-state index in [-0.39, 0.29) is 91.6 Å². The van der Waals surface area contributed by atoms with Crippen molar-refractivity contribution >= 4 is 36.6 Å². The predicted molar refractivity (Wildman–Crippen MR) is 277 cm³/mol. The van der Waals surface area contributed by atoms with Crippen molar-refractivity contribution < 1.29 is 57.2 Å². The van der Waals surface area contributed by atoms with Crippen molar-refractivity contribution in [3.8, 4) is 0 Å². The Bertz CT molecular complexity index is 1640. The normalized spacial score (nSPS) is 12.1. The van der Waals surface area contributed by atoms with Gasteiger partial charge >= 0.3 is 36.6 Å². The molecule has 0 aliphatic carbocycles. The molecule has 0 heterocycles. The molecule has 0 aromatic heterocycles. The summed E-state index contributed by atoms with van der Waals surface area (Å²) >= 11 is 0. The minimum Gasteiger partial charge on any atom is -0.444 e. The summed E-state index contributed by atoms with van der Waals surface area (Å²) in [6.07, 6.45) is -0.676. The second kappa shape index (κ2) is 30.6. The summed E-state index contributed by atoms with van der Waals surface area (Å²) in [5, 5.41) is 0. The zero-order valence-corrected chi connectivity index (χ0v) is 47.6. The topological polar surface area (TPSA) is 186 Å². The maximum atomic E-state index is 13.6. The van der Waals surface area contributed by atoms with Crippen molar-refractivity contribution in [2.75, 3.05) is 91.6 Å². The van der Waals surface area contributed by atoms with Gasteiger partial charge in [0.05, 0.1) is 13.1 Å². The van der Waals surface area contributed by atoms with Crippen LogP contribution in [0.5, 0.6) is 0 Å². The van der Waals surface area contributed by atoms with Gasteiger partial charge in [-0.15, -0.1) is 0 Å². The Labute approximate surface area is 433 Å². The summed E-state index contributed by atoms with van der Waals surface area (Å²) < 4.78 is 34.1. The van der Waals surface area contributed by atoms with Crippen molar-refractivity contribution in [3.63, 3.8) is 0 Å². The molecule has 0 aromatic carbocycles. The van der Waals surface area contributed by atoms with E-state index in [9.17, 15) is 28.8 Å². The second-order valence-corrected chi connectivity index (χ2v) is 23.7. The average Bonchev–Trinajstić information content (AvgIpc) is 3.17. The quantitative estimate of drug-likeness (QED) is 0.0479. The van der Waals surface area contributed by atoms with Gasteiger partial charge in [0.25, 0.3) is 0 Å². The number of ether oxygens (including phenoxy) is 6. The summed E-state index contributed by atoms with van der Waals surface area (Å²) in [5.74, 6) is 0. The molecule has 0 fully saturated rings. The van der Waals surface area contributed by atoms with Gasteiger partial charge in [-0.2, -0.15) is 0 Å². The molecule has 0 atom stereocenters. The molecule has 0 radical (unpaired) electrons. The average molecular weight is 1020 g/mol. The second-order valence-electron chi connectivity index (χ2n) is 23.7. The molecule has 20 nitrogen and oxygen atoms in total. The zero-order chi connectivity index (χ0) is 55.7. The molecule has 0 saturated heterocycles. The highest BCUT2D eigenvalue weighted by molar-refractivity contribution is 5.70. The van der Waals surface area contributed by atoms with E-state index < -0.39 is 70.2 Å². The van der Waals surface area contributed by atoms with E-state index in [1.807, 2.05) is 0 Å². The SMILES string of the molecule is [C-]#[N+]CCN(CCCN(CCCN(CCCCN(CCCN(CCCN(CC[N+]#[C-])C(=O)OC(C)(C)C)C(=O)OC(C)(C)C)C(=O)OC(C)(C)C)C(=O)OC(C)(C)C)C(=O)OC(C)(C)C)C(=O)OC(C)(C)C. The molecular formula is C52H94N8O12. The van der Waals surface area contributed by atoms with Crippen LogP contribution < -0.4 is 0 Å². The molecule has 0 spiro atoms. The van der Waals surface area contributed by atoms with Crippen molar-refractivity contribution in [3.05, 3.63) is 22.8 Å². The molecule has 20 heteroatoms. The van der Waals surface area contributed by atoms with Crippen LogP contribution in [0.15, 0.2) is 0 Å². The van der Waals surface area contributed by atoms with E-state index in [1.54, 1.807) is 144 Å². The van der Waals surface area contributed by atoms with Crippen LogP contribution in [0.4, 0.5) is 28.8 Å². The van der Waals surface area contributed by atoms with Gasteiger partial charge in [0.1, 0.15) is 33.6 Å². The number of rotatable bonds is 25. The number of carbonyl (C=O) groups is 6. The molecule has 0 aromatic rings. The first-order valence-electron chi connectivity index (χ1n) is 25.4. The minimum absolute atomic E-state index is 0.108. The van der Waals surface area contributed by atoms with E-state index in [2.05, 4.69) is 9.69 Å². The fourth-order valence-corrected chi connectivity index (χ4v) is 6.48. The third-order valence-electron chi connectivity index (χ3n) is 9.40. The van der Waals surface area contributed by atoms with Crippen LogP contribution in [0.3, 0.4) is 0 Å². The number of hydrogen-bond donors (Lipinski definition) is 0. The van der Waals surface area contributed by atoms with Gasteiger partial charge in [-0.1, -0.05) is 0 Å². The van der Waals surface area contributed by atoms with E-state index in [4.69, 9.17) is 41.6 Å². The highest BCUT2D eigenvalue weighted by Gasteiger charge is 2.29. The Balaban J connectivity index is 6.16. The summed E-state index contributed by atoms with van der Waals surface area (Å²) in [5.41, 5.74) is -4.54. The summed E-state index contributed by atoms with van der Waals surface area (Å²) in [6, 6.07) is 0. The Hall–Kier alpha value is -5.40. The summed E-state index contributed by atoms with van der Waals surface area (Å²) in [4.78, 5) is 96.0. The van der Waals surface area contributed by atoms with Crippen molar-refractivity contribution in [1.29, 1.82) is 0 Å². The van der Waals surface area contributed by atoms with Crippen molar-refractivity contribution in [2.24, 2.45) is 0 Å². The van der Waals surface area contributed by atoms with E-state index in [0.29, 0.717) is 38.5 Å². The standard InChI is InChI=1S/C52H94N8O12/c1-47(2,3)67-41(61)55(31-23-33-57(43(63)69-49(7,8)9)35-25-37-59(39-27-53-19)45(65)71-51(13,14)15)29-21-22-30-56(42(62)68-48(4,5)6)32-24-34-58(44(64)70-50(10,11)12)36-26-38-60(40-28-54-20)46(66)72-52(16,17)18/h21-40H2,1-18H3. The van der Waals surface area contributed by atoms with Crippen LogP contribution >= 0.6 is 0 Å². The summed E-state index contributed by atoms with van der Waals surface area (Å²) in [6.45, 7) is 49.5. The van der Waals surface area contributed by atoms with Crippen LogP contribution in [0, 0.1) is 13.1 Å². The van der Waals surface area contributed by atoms with Gasteiger partial charge in [0, 0.05) is 65.4 Å². The zero-order valence-electron chi connectivity index (χ0n) is 47.6. The lowest BCUT2D eigenvalue weighted by atomic mass is 10.2. The molecule has 0 aliphatic heterocycles. The molecule has 0 unspecified atom stereocenters. The predicted octanol–water partition coefficient (Wildman–Crippen LogP) is 10.6. The Morgan fingerprint density at radius 3 is 0.556 bits per heavy atom. The molecule has 0 rings (SSSR count). The third kappa shape index (κ3) is 34.1.